The number of halogens is 2. The molecule has 0 aliphatic carbocycles. The van der Waals surface area contributed by atoms with Crippen molar-refractivity contribution < 1.29 is 18.4 Å². The number of carbonyl (C=O) groups excluding carboxylic acids is 2. The SMILES string of the molecule is CC(=O)N(CC(=O)NCc1ccc(F)cc1)c1ccc(F)cc1. The molecule has 0 aromatic heterocycles. The lowest BCUT2D eigenvalue weighted by molar-refractivity contribution is -0.123. The van der Waals surface area contributed by atoms with E-state index in [-0.39, 0.29) is 30.7 Å². The van der Waals surface area contributed by atoms with Gasteiger partial charge in [0.25, 0.3) is 0 Å². The summed E-state index contributed by atoms with van der Waals surface area (Å²) < 4.78 is 25.7. The number of hydrogen-bond acceptors (Lipinski definition) is 2. The number of anilines is 1. The van der Waals surface area contributed by atoms with E-state index in [0.29, 0.717) is 5.69 Å². The van der Waals surface area contributed by atoms with Gasteiger partial charge in [-0.25, -0.2) is 8.78 Å². The number of nitrogens with zero attached hydrogens (tertiary/aromatic N) is 1. The molecule has 0 unspecified atom stereocenters. The first kappa shape index (κ1) is 16.6. The van der Waals surface area contributed by atoms with Crippen LogP contribution >= 0.6 is 0 Å². The van der Waals surface area contributed by atoms with Gasteiger partial charge in [0.1, 0.15) is 18.2 Å². The minimum atomic E-state index is -0.419. The molecule has 0 bridgehead atoms. The third-order valence-electron chi connectivity index (χ3n) is 3.22. The second-order valence-corrected chi connectivity index (χ2v) is 4.98. The fourth-order valence-electron chi connectivity index (χ4n) is 2.01. The van der Waals surface area contributed by atoms with Gasteiger partial charge in [0, 0.05) is 19.2 Å². The Morgan fingerprint density at radius 2 is 1.48 bits per heavy atom. The van der Waals surface area contributed by atoms with Crippen LogP contribution in [0.2, 0.25) is 0 Å². The predicted octanol–water partition coefficient (Wildman–Crippen LogP) is 2.63. The molecule has 0 aliphatic heterocycles. The summed E-state index contributed by atoms with van der Waals surface area (Å²) in [4.78, 5) is 24.9. The molecule has 0 heterocycles. The smallest absolute Gasteiger partial charge is 0.240 e. The first-order valence-corrected chi connectivity index (χ1v) is 7.00. The van der Waals surface area contributed by atoms with E-state index in [1.165, 1.54) is 48.2 Å². The molecule has 6 heteroatoms. The van der Waals surface area contributed by atoms with Crippen molar-refractivity contribution in [2.45, 2.75) is 13.5 Å². The van der Waals surface area contributed by atoms with Crippen molar-refractivity contribution in [1.29, 1.82) is 0 Å². The summed E-state index contributed by atoms with van der Waals surface area (Å²) in [7, 11) is 0. The lowest BCUT2D eigenvalue weighted by Crippen LogP contribution is -2.39. The summed E-state index contributed by atoms with van der Waals surface area (Å²) in [5, 5.41) is 2.66. The molecule has 0 atom stereocenters. The third-order valence-corrected chi connectivity index (χ3v) is 3.22. The van der Waals surface area contributed by atoms with Crippen LogP contribution < -0.4 is 10.2 Å². The fourth-order valence-corrected chi connectivity index (χ4v) is 2.01. The van der Waals surface area contributed by atoms with E-state index in [1.54, 1.807) is 12.1 Å². The quantitative estimate of drug-likeness (QED) is 0.921. The van der Waals surface area contributed by atoms with E-state index in [0.717, 1.165) is 5.56 Å². The largest absolute Gasteiger partial charge is 0.350 e. The molecule has 2 aromatic rings. The van der Waals surface area contributed by atoms with Gasteiger partial charge in [-0.2, -0.15) is 0 Å². The van der Waals surface area contributed by atoms with E-state index in [9.17, 15) is 18.4 Å². The highest BCUT2D eigenvalue weighted by Gasteiger charge is 2.15. The summed E-state index contributed by atoms with van der Waals surface area (Å²) in [6, 6.07) is 11.1. The van der Waals surface area contributed by atoms with E-state index < -0.39 is 5.82 Å². The molecule has 120 valence electrons. The topological polar surface area (TPSA) is 49.4 Å². The van der Waals surface area contributed by atoms with E-state index in [1.807, 2.05) is 0 Å². The average Bonchev–Trinajstić information content (AvgIpc) is 2.53. The molecule has 0 saturated carbocycles. The van der Waals surface area contributed by atoms with Crippen LogP contribution in [0.5, 0.6) is 0 Å². The van der Waals surface area contributed by atoms with Gasteiger partial charge in [-0.1, -0.05) is 12.1 Å². The lowest BCUT2D eigenvalue weighted by atomic mass is 10.2. The molecule has 1 N–H and O–H groups in total. The molecule has 2 rings (SSSR count). The van der Waals surface area contributed by atoms with E-state index in [4.69, 9.17) is 0 Å². The van der Waals surface area contributed by atoms with Crippen molar-refractivity contribution in [3.05, 3.63) is 65.7 Å². The Labute approximate surface area is 132 Å². The maximum atomic E-state index is 12.9. The van der Waals surface area contributed by atoms with Gasteiger partial charge in [-0.3, -0.25) is 9.59 Å². The normalized spacial score (nSPS) is 10.2. The Morgan fingerprint density at radius 1 is 0.957 bits per heavy atom. The second kappa shape index (κ2) is 7.49. The average molecular weight is 318 g/mol. The molecule has 2 aromatic carbocycles. The van der Waals surface area contributed by atoms with Crippen molar-refractivity contribution in [2.24, 2.45) is 0 Å². The molecule has 0 radical (unpaired) electrons. The van der Waals surface area contributed by atoms with Gasteiger partial charge < -0.3 is 10.2 Å². The molecule has 0 aliphatic rings. The van der Waals surface area contributed by atoms with Gasteiger partial charge in [0.2, 0.25) is 11.8 Å². The van der Waals surface area contributed by atoms with Crippen molar-refractivity contribution >= 4 is 17.5 Å². The number of carbonyl (C=O) groups is 2. The third kappa shape index (κ3) is 4.88. The molecule has 2 amide bonds. The van der Waals surface area contributed by atoms with E-state index in [2.05, 4.69) is 5.32 Å². The Balaban J connectivity index is 1.96. The molecular weight excluding hydrogens is 302 g/mol. The monoisotopic (exact) mass is 318 g/mol. The number of benzene rings is 2. The lowest BCUT2D eigenvalue weighted by Gasteiger charge is -2.20. The first-order chi connectivity index (χ1) is 11.0. The van der Waals surface area contributed by atoms with Crippen LogP contribution in [-0.2, 0) is 16.1 Å². The highest BCUT2D eigenvalue weighted by Crippen LogP contribution is 2.14. The summed E-state index contributed by atoms with van der Waals surface area (Å²) in [5.41, 5.74) is 1.19. The molecular formula is C17H16F2N2O2. The van der Waals surface area contributed by atoms with E-state index >= 15 is 0 Å². The first-order valence-electron chi connectivity index (χ1n) is 7.00. The Morgan fingerprint density at radius 3 is 2.00 bits per heavy atom. The zero-order valence-corrected chi connectivity index (χ0v) is 12.6. The van der Waals surface area contributed by atoms with Gasteiger partial charge in [0.05, 0.1) is 0 Å². The van der Waals surface area contributed by atoms with Gasteiger partial charge in [0.15, 0.2) is 0 Å². The van der Waals surface area contributed by atoms with Gasteiger partial charge in [-0.15, -0.1) is 0 Å². The van der Waals surface area contributed by atoms with Crippen LogP contribution in [0.3, 0.4) is 0 Å². The van der Waals surface area contributed by atoms with Crippen molar-refractivity contribution in [3.8, 4) is 0 Å². The molecule has 0 spiro atoms. The highest BCUT2D eigenvalue weighted by molar-refractivity contribution is 5.97. The number of hydrogen-bond donors (Lipinski definition) is 1. The van der Waals surface area contributed by atoms with Crippen LogP contribution in [0.15, 0.2) is 48.5 Å². The summed E-state index contributed by atoms with van der Waals surface area (Å²) in [6.07, 6.45) is 0. The maximum Gasteiger partial charge on any atom is 0.240 e. The molecule has 4 nitrogen and oxygen atoms in total. The van der Waals surface area contributed by atoms with Crippen molar-refractivity contribution in [1.82, 2.24) is 5.32 Å². The second-order valence-electron chi connectivity index (χ2n) is 4.98. The molecule has 0 fully saturated rings. The van der Waals surface area contributed by atoms with Crippen LogP contribution in [0.1, 0.15) is 12.5 Å². The Bertz CT molecular complexity index is 685. The van der Waals surface area contributed by atoms with Gasteiger partial charge in [-0.05, 0) is 42.0 Å². The zero-order chi connectivity index (χ0) is 16.8. The predicted molar refractivity (Wildman–Crippen MR) is 82.7 cm³/mol. The minimum absolute atomic E-state index is 0.178. The summed E-state index contributed by atoms with van der Waals surface area (Å²) in [6.45, 7) is 1.38. The minimum Gasteiger partial charge on any atom is -0.350 e. The zero-order valence-electron chi connectivity index (χ0n) is 12.6. The van der Waals surface area contributed by atoms with Crippen LogP contribution in [0.25, 0.3) is 0 Å². The highest BCUT2D eigenvalue weighted by atomic mass is 19.1. The molecule has 0 saturated heterocycles. The Hall–Kier alpha value is -2.76. The Kier molecular flexibility index (Phi) is 5.41. The van der Waals surface area contributed by atoms with Crippen molar-refractivity contribution in [3.63, 3.8) is 0 Å². The maximum absolute atomic E-state index is 12.9. The standard InChI is InChI=1S/C17H16F2N2O2/c1-12(22)21(16-8-6-15(19)7-9-16)11-17(23)20-10-13-2-4-14(18)5-3-13/h2-9H,10-11H2,1H3,(H,20,23). The molecule has 23 heavy (non-hydrogen) atoms. The summed E-state index contributed by atoms with van der Waals surface area (Å²) in [5.74, 6) is -1.46. The van der Waals surface area contributed by atoms with Crippen LogP contribution in [0, 0.1) is 11.6 Å². The summed E-state index contributed by atoms with van der Waals surface area (Å²) >= 11 is 0. The number of rotatable bonds is 5. The van der Waals surface area contributed by atoms with Crippen molar-refractivity contribution in [2.75, 3.05) is 11.4 Å². The van der Waals surface area contributed by atoms with Gasteiger partial charge >= 0.3 is 0 Å². The van der Waals surface area contributed by atoms with Crippen LogP contribution in [0.4, 0.5) is 14.5 Å². The number of amides is 2. The number of nitrogens with one attached hydrogen (secondary N) is 1. The van der Waals surface area contributed by atoms with Crippen LogP contribution in [-0.4, -0.2) is 18.4 Å². The fraction of sp³-hybridized carbons (Fsp3) is 0.176.